The minimum atomic E-state index is -0.506. The van der Waals surface area contributed by atoms with Crippen LogP contribution in [0.15, 0.2) is 46.6 Å². The van der Waals surface area contributed by atoms with E-state index in [1.54, 1.807) is 12.1 Å². The molecular weight excluding hydrogens is 376 g/mol. The van der Waals surface area contributed by atoms with Crippen molar-refractivity contribution in [3.63, 3.8) is 0 Å². The summed E-state index contributed by atoms with van der Waals surface area (Å²) in [5.41, 5.74) is 4.51. The second kappa shape index (κ2) is 6.73. The molecule has 0 radical (unpaired) electrons. The maximum absolute atomic E-state index is 12.8. The van der Waals surface area contributed by atoms with Crippen molar-refractivity contribution in [1.82, 2.24) is 9.97 Å². The van der Waals surface area contributed by atoms with E-state index >= 15 is 0 Å². The Morgan fingerprint density at radius 1 is 1.07 bits per heavy atom. The van der Waals surface area contributed by atoms with E-state index in [0.29, 0.717) is 27.2 Å². The molecule has 0 aliphatic carbocycles. The van der Waals surface area contributed by atoms with Crippen molar-refractivity contribution in [3.8, 4) is 5.88 Å². The van der Waals surface area contributed by atoms with Crippen LogP contribution in [0.1, 0.15) is 27.2 Å². The maximum atomic E-state index is 12.8. The van der Waals surface area contributed by atoms with Gasteiger partial charge in [0.25, 0.3) is 5.91 Å². The van der Waals surface area contributed by atoms with Crippen LogP contribution < -0.4 is 0 Å². The number of fused-ring (bicyclic) bond motifs is 2. The van der Waals surface area contributed by atoms with Gasteiger partial charge in [-0.1, -0.05) is 23.2 Å². The van der Waals surface area contributed by atoms with Crippen LogP contribution in [0.4, 0.5) is 5.69 Å². The molecule has 0 saturated heterocycles. The highest BCUT2D eigenvalue weighted by molar-refractivity contribution is 6.35. The molecule has 4 rings (SSSR count). The smallest absolute Gasteiger partial charge is 0.296 e. The summed E-state index contributed by atoms with van der Waals surface area (Å²) in [5, 5.41) is 19.9. The number of hydrogen-bond donors (Lipinski definition) is 2. The van der Waals surface area contributed by atoms with E-state index in [1.165, 1.54) is 0 Å². The quantitative estimate of drug-likeness (QED) is 0.414. The number of azo groups is 1. The van der Waals surface area contributed by atoms with Crippen molar-refractivity contribution in [2.24, 2.45) is 10.2 Å². The van der Waals surface area contributed by atoms with Gasteiger partial charge >= 0.3 is 0 Å². The summed E-state index contributed by atoms with van der Waals surface area (Å²) < 4.78 is 0. The largest absolute Gasteiger partial charge is 0.493 e. The Morgan fingerprint density at radius 2 is 1.82 bits per heavy atom. The van der Waals surface area contributed by atoms with Gasteiger partial charge in [0.15, 0.2) is 5.69 Å². The zero-order chi connectivity index (χ0) is 20.0. The van der Waals surface area contributed by atoms with Crippen LogP contribution in [-0.4, -0.2) is 21.0 Å². The average Bonchev–Trinajstić information content (AvgIpc) is 2.95. The predicted octanol–water partition coefficient (Wildman–Crippen LogP) is 5.92. The van der Waals surface area contributed by atoms with E-state index in [0.717, 1.165) is 22.0 Å². The first-order valence-electron chi connectivity index (χ1n) is 8.68. The number of amides is 1. The Hall–Kier alpha value is -3.25. The summed E-state index contributed by atoms with van der Waals surface area (Å²) in [5.74, 6) is -0.695. The zero-order valence-electron chi connectivity index (χ0n) is 15.5. The summed E-state index contributed by atoms with van der Waals surface area (Å²) in [6, 6.07) is 11.0. The number of carbonyl (C=O) groups excluding carboxylic acids is 1. The van der Waals surface area contributed by atoms with Gasteiger partial charge in [-0.05, 0) is 56.7 Å². The van der Waals surface area contributed by atoms with Gasteiger partial charge in [0.05, 0.1) is 21.6 Å². The number of halogens is 1. The number of aromatic hydroxyl groups is 1. The fraction of sp³-hybridized carbons (Fsp3) is 0.143. The molecule has 0 aliphatic rings. The number of nitrogens with zero attached hydrogens (tertiary/aromatic N) is 3. The SMILES string of the molecule is Cc1ccc2nc(C)cc(C(=O)N=Nc3c(O)[nH]c4c(Cl)cc(C)cc34)c2c1. The Labute approximate surface area is 165 Å². The van der Waals surface area contributed by atoms with Crippen LogP contribution in [0, 0.1) is 20.8 Å². The highest BCUT2D eigenvalue weighted by Gasteiger charge is 2.16. The fourth-order valence-electron chi connectivity index (χ4n) is 3.26. The Kier molecular flexibility index (Phi) is 4.35. The molecule has 0 saturated carbocycles. The van der Waals surface area contributed by atoms with Crippen molar-refractivity contribution in [2.75, 3.05) is 0 Å². The minimum Gasteiger partial charge on any atom is -0.493 e. The molecule has 2 aromatic heterocycles. The van der Waals surface area contributed by atoms with E-state index in [2.05, 4.69) is 20.2 Å². The van der Waals surface area contributed by atoms with E-state index in [9.17, 15) is 9.90 Å². The maximum Gasteiger partial charge on any atom is 0.296 e. The van der Waals surface area contributed by atoms with Crippen molar-refractivity contribution in [2.45, 2.75) is 20.8 Å². The van der Waals surface area contributed by atoms with Crippen LogP contribution in [0.25, 0.3) is 21.8 Å². The van der Waals surface area contributed by atoms with Crippen LogP contribution in [0.2, 0.25) is 5.02 Å². The molecule has 2 N–H and O–H groups in total. The van der Waals surface area contributed by atoms with Gasteiger partial charge in [0.1, 0.15) is 0 Å². The van der Waals surface area contributed by atoms with E-state index in [1.807, 2.05) is 45.0 Å². The van der Waals surface area contributed by atoms with Crippen molar-refractivity contribution in [3.05, 3.63) is 63.8 Å². The number of pyridine rings is 1. The van der Waals surface area contributed by atoms with Crippen LogP contribution in [-0.2, 0) is 0 Å². The lowest BCUT2D eigenvalue weighted by atomic mass is 10.1. The van der Waals surface area contributed by atoms with E-state index in [4.69, 9.17) is 11.6 Å². The normalized spacial score (nSPS) is 11.7. The van der Waals surface area contributed by atoms with Crippen LogP contribution >= 0.6 is 11.6 Å². The molecule has 0 fully saturated rings. The molecule has 4 aromatic rings. The van der Waals surface area contributed by atoms with Gasteiger partial charge in [0.2, 0.25) is 5.88 Å². The van der Waals surface area contributed by atoms with Gasteiger partial charge in [-0.15, -0.1) is 10.2 Å². The van der Waals surface area contributed by atoms with Gasteiger partial charge in [-0.3, -0.25) is 9.78 Å². The number of aromatic amines is 1. The summed E-state index contributed by atoms with van der Waals surface area (Å²) >= 11 is 6.22. The number of hydrogen-bond acceptors (Lipinski definition) is 4. The van der Waals surface area contributed by atoms with Gasteiger partial charge in [-0.25, -0.2) is 0 Å². The van der Waals surface area contributed by atoms with E-state index < -0.39 is 5.91 Å². The number of H-pyrrole nitrogens is 1. The summed E-state index contributed by atoms with van der Waals surface area (Å²) in [7, 11) is 0. The third-order valence-corrected chi connectivity index (χ3v) is 4.82. The first-order chi connectivity index (χ1) is 13.3. The molecule has 0 unspecified atom stereocenters. The molecule has 0 spiro atoms. The first kappa shape index (κ1) is 18.1. The van der Waals surface area contributed by atoms with Gasteiger partial charge in [-0.2, -0.15) is 0 Å². The summed E-state index contributed by atoms with van der Waals surface area (Å²) in [6.07, 6.45) is 0. The number of aryl methyl sites for hydroxylation is 3. The predicted molar refractivity (Wildman–Crippen MR) is 110 cm³/mol. The molecule has 0 atom stereocenters. The molecule has 28 heavy (non-hydrogen) atoms. The highest BCUT2D eigenvalue weighted by Crippen LogP contribution is 2.39. The molecule has 2 heterocycles. The lowest BCUT2D eigenvalue weighted by molar-refractivity contribution is 0.0996. The molecule has 2 aromatic carbocycles. The highest BCUT2D eigenvalue weighted by atomic mass is 35.5. The molecule has 1 amide bonds. The third-order valence-electron chi connectivity index (χ3n) is 4.52. The lowest BCUT2D eigenvalue weighted by Crippen LogP contribution is -1.99. The van der Waals surface area contributed by atoms with Crippen molar-refractivity contribution < 1.29 is 9.90 Å². The number of nitrogens with one attached hydrogen (secondary N) is 1. The topological polar surface area (TPSA) is 90.7 Å². The standard InChI is InChI=1S/C21H17ClN4O2/c1-10-4-5-17-13(6-10)14(9-12(3)23-17)20(27)26-25-19-15-7-11(2)8-16(22)18(15)24-21(19)28/h4-9,24,28H,1-3H3. The first-order valence-corrected chi connectivity index (χ1v) is 9.06. The summed E-state index contributed by atoms with van der Waals surface area (Å²) in [6.45, 7) is 5.66. The number of aromatic nitrogens is 2. The molecule has 0 aliphatic heterocycles. The second-order valence-electron chi connectivity index (χ2n) is 6.83. The van der Waals surface area contributed by atoms with Crippen LogP contribution in [0.5, 0.6) is 5.88 Å². The van der Waals surface area contributed by atoms with Crippen LogP contribution in [0.3, 0.4) is 0 Å². The monoisotopic (exact) mass is 392 g/mol. The molecule has 0 bridgehead atoms. The second-order valence-corrected chi connectivity index (χ2v) is 7.24. The molecule has 140 valence electrons. The van der Waals surface area contributed by atoms with Gasteiger partial charge in [0, 0.05) is 16.5 Å². The number of benzene rings is 2. The number of rotatable bonds is 2. The Morgan fingerprint density at radius 3 is 2.61 bits per heavy atom. The van der Waals surface area contributed by atoms with E-state index in [-0.39, 0.29) is 11.6 Å². The zero-order valence-corrected chi connectivity index (χ0v) is 16.3. The average molecular weight is 393 g/mol. The molecular formula is C21H17ClN4O2. The molecule has 6 nitrogen and oxygen atoms in total. The van der Waals surface area contributed by atoms with Gasteiger partial charge < -0.3 is 10.1 Å². The Bertz CT molecular complexity index is 1290. The Balaban J connectivity index is 1.81. The van der Waals surface area contributed by atoms with Crippen molar-refractivity contribution >= 4 is 45.0 Å². The van der Waals surface area contributed by atoms with Crippen molar-refractivity contribution in [1.29, 1.82) is 0 Å². The fourth-order valence-corrected chi connectivity index (χ4v) is 3.58. The molecule has 7 heteroatoms. The lowest BCUT2D eigenvalue weighted by Gasteiger charge is -2.05. The third kappa shape index (κ3) is 3.12. The summed E-state index contributed by atoms with van der Waals surface area (Å²) in [4.78, 5) is 20.0. The minimum absolute atomic E-state index is 0.181. The number of carbonyl (C=O) groups is 1.